The van der Waals surface area contributed by atoms with E-state index in [1.807, 2.05) is 19.1 Å². The maximum atomic E-state index is 13.3. The van der Waals surface area contributed by atoms with Crippen molar-refractivity contribution in [2.24, 2.45) is 0 Å². The Morgan fingerprint density at radius 2 is 2.11 bits per heavy atom. The summed E-state index contributed by atoms with van der Waals surface area (Å²) < 4.78 is 18.9. The van der Waals surface area contributed by atoms with Gasteiger partial charge in [0.2, 0.25) is 5.89 Å². The first-order valence-electron chi connectivity index (χ1n) is 5.67. The number of hydrogen-bond donors (Lipinski definition) is 1. The molecule has 96 valence electrons. The summed E-state index contributed by atoms with van der Waals surface area (Å²) in [6.45, 7) is 1.88. The third kappa shape index (κ3) is 1.94. The summed E-state index contributed by atoms with van der Waals surface area (Å²) in [5.74, 6) is -0.0612. The van der Waals surface area contributed by atoms with E-state index in [9.17, 15) is 4.39 Å². The summed E-state index contributed by atoms with van der Waals surface area (Å²) in [5.41, 5.74) is 8.90. The minimum Gasteiger partial charge on any atom is -0.434 e. The van der Waals surface area contributed by atoms with Crippen LogP contribution in [0.4, 0.5) is 10.1 Å². The molecular weight excluding hydrogens is 267 g/mol. The van der Waals surface area contributed by atoms with E-state index in [0.29, 0.717) is 22.7 Å². The van der Waals surface area contributed by atoms with Crippen LogP contribution in [0.3, 0.4) is 0 Å². The number of aromatic nitrogens is 1. The van der Waals surface area contributed by atoms with Gasteiger partial charge in [-0.05, 0) is 30.7 Å². The van der Waals surface area contributed by atoms with Crippen LogP contribution in [0.2, 0.25) is 5.02 Å². The number of oxazole rings is 1. The molecule has 0 fully saturated rings. The van der Waals surface area contributed by atoms with Crippen molar-refractivity contribution in [2.75, 3.05) is 5.73 Å². The molecule has 3 aromatic rings. The molecule has 0 amide bonds. The van der Waals surface area contributed by atoms with Crippen LogP contribution in [-0.2, 0) is 0 Å². The molecule has 0 aliphatic heterocycles. The lowest BCUT2D eigenvalue weighted by Crippen LogP contribution is -1.91. The highest BCUT2D eigenvalue weighted by atomic mass is 35.5. The van der Waals surface area contributed by atoms with Gasteiger partial charge in [-0.2, -0.15) is 0 Å². The van der Waals surface area contributed by atoms with Crippen LogP contribution in [0.15, 0.2) is 34.7 Å². The molecule has 2 N–H and O–H groups in total. The molecule has 1 heterocycles. The summed E-state index contributed by atoms with van der Waals surface area (Å²) >= 11 is 5.94. The van der Waals surface area contributed by atoms with Gasteiger partial charge in [0.15, 0.2) is 5.58 Å². The van der Waals surface area contributed by atoms with Crippen molar-refractivity contribution in [2.45, 2.75) is 6.92 Å². The summed E-state index contributed by atoms with van der Waals surface area (Å²) in [6, 6.07) is 7.95. The summed E-state index contributed by atoms with van der Waals surface area (Å²) in [7, 11) is 0. The molecule has 19 heavy (non-hydrogen) atoms. The molecule has 0 saturated carbocycles. The Hall–Kier alpha value is -2.07. The SMILES string of the molecule is Cc1c(N)cccc1-c1nc2cc(F)cc(Cl)c2o1. The van der Waals surface area contributed by atoms with Gasteiger partial charge in [-0.3, -0.25) is 0 Å². The molecule has 1 aromatic heterocycles. The second-order valence-corrected chi connectivity index (χ2v) is 4.68. The molecule has 0 bridgehead atoms. The van der Waals surface area contributed by atoms with Crippen molar-refractivity contribution in [1.29, 1.82) is 0 Å². The molecule has 0 atom stereocenters. The monoisotopic (exact) mass is 276 g/mol. The first-order chi connectivity index (χ1) is 9.06. The van der Waals surface area contributed by atoms with E-state index in [1.54, 1.807) is 6.07 Å². The molecule has 0 saturated heterocycles. The lowest BCUT2D eigenvalue weighted by Gasteiger charge is -2.03. The molecule has 0 aliphatic rings. The van der Waals surface area contributed by atoms with Gasteiger partial charge in [0.25, 0.3) is 0 Å². The van der Waals surface area contributed by atoms with Gasteiger partial charge in [0.1, 0.15) is 11.3 Å². The number of rotatable bonds is 1. The average Bonchev–Trinajstić information content (AvgIpc) is 2.76. The largest absolute Gasteiger partial charge is 0.434 e. The number of halogens is 2. The van der Waals surface area contributed by atoms with E-state index < -0.39 is 5.82 Å². The lowest BCUT2D eigenvalue weighted by atomic mass is 10.1. The van der Waals surface area contributed by atoms with Gasteiger partial charge in [-0.15, -0.1) is 0 Å². The number of benzene rings is 2. The highest BCUT2D eigenvalue weighted by Crippen LogP contribution is 2.32. The quantitative estimate of drug-likeness (QED) is 0.678. The molecule has 5 heteroatoms. The summed E-state index contributed by atoms with van der Waals surface area (Å²) in [5, 5.41) is 0.204. The zero-order chi connectivity index (χ0) is 13.6. The predicted molar refractivity (Wildman–Crippen MR) is 73.6 cm³/mol. The van der Waals surface area contributed by atoms with Crippen molar-refractivity contribution in [3.63, 3.8) is 0 Å². The van der Waals surface area contributed by atoms with Crippen LogP contribution in [0, 0.1) is 12.7 Å². The topological polar surface area (TPSA) is 52.0 Å². The molecule has 3 nitrogen and oxygen atoms in total. The number of nitrogens with two attached hydrogens (primary N) is 1. The zero-order valence-corrected chi connectivity index (χ0v) is 10.8. The number of nitrogen functional groups attached to an aromatic ring is 1. The molecule has 0 radical (unpaired) electrons. The van der Waals surface area contributed by atoms with Gasteiger partial charge in [-0.1, -0.05) is 17.7 Å². The molecule has 0 aliphatic carbocycles. The van der Waals surface area contributed by atoms with E-state index >= 15 is 0 Å². The molecule has 3 rings (SSSR count). The van der Waals surface area contributed by atoms with Crippen LogP contribution >= 0.6 is 11.6 Å². The minimum atomic E-state index is -0.443. The molecule has 2 aromatic carbocycles. The number of anilines is 1. The van der Waals surface area contributed by atoms with E-state index in [4.69, 9.17) is 21.8 Å². The Balaban J connectivity index is 2.26. The van der Waals surface area contributed by atoms with Gasteiger partial charge in [-0.25, -0.2) is 9.37 Å². The van der Waals surface area contributed by atoms with Crippen LogP contribution in [0.1, 0.15) is 5.56 Å². The van der Waals surface area contributed by atoms with Gasteiger partial charge in [0, 0.05) is 17.3 Å². The first kappa shape index (κ1) is 12.0. The van der Waals surface area contributed by atoms with Crippen molar-refractivity contribution in [1.82, 2.24) is 4.98 Å². The van der Waals surface area contributed by atoms with Crippen LogP contribution < -0.4 is 5.73 Å². The van der Waals surface area contributed by atoms with Crippen molar-refractivity contribution < 1.29 is 8.81 Å². The van der Waals surface area contributed by atoms with Crippen molar-refractivity contribution in [3.05, 3.63) is 46.7 Å². The van der Waals surface area contributed by atoms with Gasteiger partial charge in [0.05, 0.1) is 5.02 Å². The highest BCUT2D eigenvalue weighted by molar-refractivity contribution is 6.34. The van der Waals surface area contributed by atoms with Crippen molar-refractivity contribution >= 4 is 28.4 Å². The van der Waals surface area contributed by atoms with E-state index in [-0.39, 0.29) is 5.02 Å². The highest BCUT2D eigenvalue weighted by Gasteiger charge is 2.14. The van der Waals surface area contributed by atoms with Gasteiger partial charge < -0.3 is 10.2 Å². The normalized spacial score (nSPS) is 11.1. The standard InChI is InChI=1S/C14H10ClFN2O/c1-7-9(3-2-4-11(7)17)14-18-12-6-8(16)5-10(15)13(12)19-14/h2-6H,17H2,1H3. The predicted octanol–water partition coefficient (Wildman–Crippen LogP) is 4.18. The second-order valence-electron chi connectivity index (χ2n) is 4.27. The van der Waals surface area contributed by atoms with Crippen LogP contribution in [0.5, 0.6) is 0 Å². The number of fused-ring (bicyclic) bond motifs is 1. The number of hydrogen-bond acceptors (Lipinski definition) is 3. The fourth-order valence-electron chi connectivity index (χ4n) is 1.96. The fourth-order valence-corrected chi connectivity index (χ4v) is 2.20. The Kier molecular flexibility index (Phi) is 2.68. The van der Waals surface area contributed by atoms with E-state index in [0.717, 1.165) is 11.1 Å². The lowest BCUT2D eigenvalue weighted by molar-refractivity contribution is 0.614. The van der Waals surface area contributed by atoms with E-state index in [2.05, 4.69) is 4.98 Å². The first-order valence-corrected chi connectivity index (χ1v) is 6.05. The van der Waals surface area contributed by atoms with Crippen molar-refractivity contribution in [3.8, 4) is 11.5 Å². The molecular formula is C14H10ClFN2O. The summed E-state index contributed by atoms with van der Waals surface area (Å²) in [6.07, 6.45) is 0. The minimum absolute atomic E-state index is 0.204. The maximum absolute atomic E-state index is 13.3. The molecule has 0 unspecified atom stereocenters. The third-order valence-electron chi connectivity index (χ3n) is 3.02. The Bertz CT molecular complexity index is 782. The maximum Gasteiger partial charge on any atom is 0.227 e. The third-order valence-corrected chi connectivity index (χ3v) is 3.30. The Morgan fingerprint density at radius 3 is 2.89 bits per heavy atom. The number of nitrogens with zero attached hydrogens (tertiary/aromatic N) is 1. The Labute approximate surface area is 113 Å². The summed E-state index contributed by atoms with van der Waals surface area (Å²) in [4.78, 5) is 4.26. The van der Waals surface area contributed by atoms with E-state index in [1.165, 1.54) is 12.1 Å². The van der Waals surface area contributed by atoms with Crippen LogP contribution in [0.25, 0.3) is 22.6 Å². The van der Waals surface area contributed by atoms with Gasteiger partial charge >= 0.3 is 0 Å². The Morgan fingerprint density at radius 1 is 1.32 bits per heavy atom. The smallest absolute Gasteiger partial charge is 0.227 e. The molecule has 0 spiro atoms. The second kappa shape index (κ2) is 4.24. The zero-order valence-electron chi connectivity index (χ0n) is 10.1. The average molecular weight is 277 g/mol. The fraction of sp³-hybridized carbons (Fsp3) is 0.0714. The van der Waals surface area contributed by atoms with Crippen LogP contribution in [-0.4, -0.2) is 4.98 Å².